The Kier molecular flexibility index (Phi) is 5.40. The largest absolute Gasteiger partial charge is 0.457 e. The smallest absolute Gasteiger partial charge is 0.269 e. The molecule has 6 nitrogen and oxygen atoms in total. The van der Waals surface area contributed by atoms with Crippen LogP contribution in [0.1, 0.15) is 16.9 Å². The van der Waals surface area contributed by atoms with E-state index >= 15 is 0 Å². The molecule has 4 aromatic rings. The highest BCUT2D eigenvalue weighted by Crippen LogP contribution is 2.36. The van der Waals surface area contributed by atoms with Gasteiger partial charge in [0.25, 0.3) is 11.6 Å². The number of nitrogens with zero attached hydrogens (tertiary/aromatic N) is 2. The van der Waals surface area contributed by atoms with E-state index < -0.39 is 4.92 Å². The lowest BCUT2D eigenvalue weighted by Gasteiger charge is -2.21. The fourth-order valence-corrected chi connectivity index (χ4v) is 3.95. The van der Waals surface area contributed by atoms with Crippen molar-refractivity contribution in [3.63, 3.8) is 0 Å². The Labute approximate surface area is 196 Å². The van der Waals surface area contributed by atoms with Crippen molar-refractivity contribution in [3.05, 3.63) is 130 Å². The van der Waals surface area contributed by atoms with Gasteiger partial charge in [-0.05, 0) is 66.6 Å². The molecule has 1 aliphatic heterocycles. The Hall–Kier alpha value is -4.71. The second-order valence-electron chi connectivity index (χ2n) is 7.98. The number of hydrogen-bond donors (Lipinski definition) is 0. The molecule has 0 unspecified atom stereocenters. The molecule has 0 spiro atoms. The summed E-state index contributed by atoms with van der Waals surface area (Å²) in [7, 11) is 0. The Morgan fingerprint density at radius 2 is 1.65 bits per heavy atom. The topological polar surface area (TPSA) is 76.6 Å². The third-order valence-electron chi connectivity index (χ3n) is 5.60. The van der Waals surface area contributed by atoms with Crippen molar-refractivity contribution in [2.45, 2.75) is 6.92 Å². The summed E-state index contributed by atoms with van der Waals surface area (Å²) in [6.07, 6.45) is 3.59. The van der Waals surface area contributed by atoms with Crippen molar-refractivity contribution in [1.29, 1.82) is 0 Å². The van der Waals surface area contributed by atoms with Gasteiger partial charge >= 0.3 is 0 Å². The summed E-state index contributed by atoms with van der Waals surface area (Å²) in [5, 5.41) is 10.9. The van der Waals surface area contributed by atoms with E-state index in [1.165, 1.54) is 12.1 Å². The normalized spacial score (nSPS) is 14.5. The van der Waals surface area contributed by atoms with E-state index in [2.05, 4.69) is 0 Å². The Balaban J connectivity index is 1.51. The van der Waals surface area contributed by atoms with Crippen molar-refractivity contribution >= 4 is 29.1 Å². The van der Waals surface area contributed by atoms with Gasteiger partial charge in [0.1, 0.15) is 11.5 Å². The Morgan fingerprint density at radius 3 is 2.35 bits per heavy atom. The van der Waals surface area contributed by atoms with Gasteiger partial charge in [-0.3, -0.25) is 19.8 Å². The van der Waals surface area contributed by atoms with E-state index in [1.54, 1.807) is 35.2 Å². The van der Waals surface area contributed by atoms with E-state index in [-0.39, 0.29) is 11.6 Å². The summed E-state index contributed by atoms with van der Waals surface area (Å²) in [4.78, 5) is 25.6. The summed E-state index contributed by atoms with van der Waals surface area (Å²) >= 11 is 0. The minimum absolute atomic E-state index is 0.0176. The summed E-state index contributed by atoms with van der Waals surface area (Å²) in [5.74, 6) is 0.944. The molecule has 6 heteroatoms. The zero-order valence-corrected chi connectivity index (χ0v) is 18.3. The zero-order chi connectivity index (χ0) is 23.7. The van der Waals surface area contributed by atoms with Crippen LogP contribution in [-0.4, -0.2) is 10.8 Å². The van der Waals surface area contributed by atoms with Crippen molar-refractivity contribution < 1.29 is 14.1 Å². The van der Waals surface area contributed by atoms with Gasteiger partial charge < -0.3 is 4.42 Å². The highest BCUT2D eigenvalue weighted by Gasteiger charge is 2.30. The molecule has 0 saturated carbocycles. The fraction of sp³-hybridized carbons (Fsp3) is 0.0357. The zero-order valence-electron chi connectivity index (χ0n) is 18.3. The van der Waals surface area contributed by atoms with Crippen molar-refractivity contribution in [2.24, 2.45) is 0 Å². The van der Waals surface area contributed by atoms with E-state index in [1.807, 2.05) is 67.6 Å². The monoisotopic (exact) mass is 448 g/mol. The van der Waals surface area contributed by atoms with Gasteiger partial charge in [0, 0.05) is 29.0 Å². The number of aryl methyl sites for hydroxylation is 1. The lowest BCUT2D eigenvalue weighted by molar-refractivity contribution is -0.384. The van der Waals surface area contributed by atoms with Crippen LogP contribution in [0, 0.1) is 17.0 Å². The molecule has 0 saturated heterocycles. The molecule has 1 aromatic heterocycles. The lowest BCUT2D eigenvalue weighted by atomic mass is 10.1. The van der Waals surface area contributed by atoms with Crippen LogP contribution < -0.4 is 4.90 Å². The molecule has 1 amide bonds. The molecular formula is C28H20N2O4. The number of benzene rings is 3. The standard InChI is InChI=1S/C28H20N2O4/c1-19-6-5-9-24(16-19)29-26(20-7-3-2-4-8-20)18-22(28(29)31)17-25-14-15-27(34-25)21-10-12-23(13-11-21)30(32)33/h2-18H,1H3/b22-17+. The van der Waals surface area contributed by atoms with Crippen LogP contribution in [0.2, 0.25) is 0 Å². The molecule has 166 valence electrons. The predicted molar refractivity (Wildman–Crippen MR) is 132 cm³/mol. The maximum absolute atomic E-state index is 13.5. The van der Waals surface area contributed by atoms with Gasteiger partial charge in [0.05, 0.1) is 10.6 Å². The average molecular weight is 448 g/mol. The first-order valence-electron chi connectivity index (χ1n) is 10.7. The van der Waals surface area contributed by atoms with Crippen LogP contribution in [0.3, 0.4) is 0 Å². The first-order valence-corrected chi connectivity index (χ1v) is 10.7. The summed E-state index contributed by atoms with van der Waals surface area (Å²) in [5.41, 5.74) is 4.84. The molecule has 3 aromatic carbocycles. The molecular weight excluding hydrogens is 428 g/mol. The quantitative estimate of drug-likeness (QED) is 0.195. The van der Waals surface area contributed by atoms with Gasteiger partial charge in [-0.25, -0.2) is 0 Å². The fourth-order valence-electron chi connectivity index (χ4n) is 3.95. The third kappa shape index (κ3) is 4.04. The Bertz CT molecular complexity index is 1450. The van der Waals surface area contributed by atoms with Crippen LogP contribution in [0.15, 0.2) is 107 Å². The van der Waals surface area contributed by atoms with Crippen LogP contribution in [-0.2, 0) is 4.79 Å². The summed E-state index contributed by atoms with van der Waals surface area (Å²) < 4.78 is 5.94. The molecule has 0 atom stereocenters. The molecule has 0 radical (unpaired) electrons. The molecule has 0 bridgehead atoms. The van der Waals surface area contributed by atoms with Gasteiger partial charge in [-0.15, -0.1) is 0 Å². The molecule has 2 heterocycles. The van der Waals surface area contributed by atoms with Gasteiger partial charge in [0.15, 0.2) is 0 Å². The van der Waals surface area contributed by atoms with E-state index in [0.29, 0.717) is 17.1 Å². The van der Waals surface area contributed by atoms with Crippen molar-refractivity contribution in [1.82, 2.24) is 0 Å². The minimum atomic E-state index is -0.440. The molecule has 34 heavy (non-hydrogen) atoms. The SMILES string of the molecule is Cc1cccc(N2C(=O)/C(=C/c3ccc(-c4ccc([N+](=O)[O-])cc4)o3)C=C2c2ccccc2)c1. The number of carbonyl (C=O) groups is 1. The summed E-state index contributed by atoms with van der Waals surface area (Å²) in [6, 6.07) is 27.3. The van der Waals surface area contributed by atoms with E-state index in [0.717, 1.165) is 28.1 Å². The third-order valence-corrected chi connectivity index (χ3v) is 5.60. The maximum Gasteiger partial charge on any atom is 0.269 e. The maximum atomic E-state index is 13.5. The van der Waals surface area contributed by atoms with Crippen LogP contribution >= 0.6 is 0 Å². The van der Waals surface area contributed by atoms with Crippen LogP contribution in [0.4, 0.5) is 11.4 Å². The Morgan fingerprint density at radius 1 is 0.882 bits per heavy atom. The number of rotatable bonds is 5. The van der Waals surface area contributed by atoms with Gasteiger partial charge in [-0.1, -0.05) is 42.5 Å². The number of hydrogen-bond acceptors (Lipinski definition) is 4. The average Bonchev–Trinajstić information content (AvgIpc) is 3.45. The van der Waals surface area contributed by atoms with Gasteiger partial charge in [-0.2, -0.15) is 0 Å². The highest BCUT2D eigenvalue weighted by molar-refractivity contribution is 6.23. The second kappa shape index (κ2) is 8.67. The lowest BCUT2D eigenvalue weighted by Crippen LogP contribution is -2.24. The predicted octanol–water partition coefficient (Wildman–Crippen LogP) is 6.63. The molecule has 0 aliphatic carbocycles. The first kappa shape index (κ1) is 21.2. The second-order valence-corrected chi connectivity index (χ2v) is 7.98. The number of nitro groups is 1. The van der Waals surface area contributed by atoms with E-state index in [4.69, 9.17) is 4.42 Å². The minimum Gasteiger partial charge on any atom is -0.457 e. The number of carbonyl (C=O) groups excluding carboxylic acids is 1. The number of furan rings is 1. The highest BCUT2D eigenvalue weighted by atomic mass is 16.6. The van der Waals surface area contributed by atoms with Crippen molar-refractivity contribution in [2.75, 3.05) is 4.90 Å². The number of anilines is 1. The number of non-ortho nitro benzene ring substituents is 1. The van der Waals surface area contributed by atoms with Gasteiger partial charge in [0.2, 0.25) is 0 Å². The van der Waals surface area contributed by atoms with Crippen molar-refractivity contribution in [3.8, 4) is 11.3 Å². The van der Waals surface area contributed by atoms with Crippen LogP contribution in [0.5, 0.6) is 0 Å². The summed E-state index contributed by atoms with van der Waals surface area (Å²) in [6.45, 7) is 2.00. The molecule has 1 aliphatic rings. The number of nitro benzene ring substituents is 1. The molecule has 5 rings (SSSR count). The van der Waals surface area contributed by atoms with Crippen LogP contribution in [0.25, 0.3) is 23.1 Å². The molecule has 0 N–H and O–H groups in total. The van der Waals surface area contributed by atoms with E-state index in [9.17, 15) is 14.9 Å². The number of amides is 1. The first-order chi connectivity index (χ1) is 16.5. The molecule has 0 fully saturated rings.